The van der Waals surface area contributed by atoms with E-state index in [1.807, 2.05) is 30.3 Å². The molecule has 27 heavy (non-hydrogen) atoms. The van der Waals surface area contributed by atoms with Gasteiger partial charge in [0.15, 0.2) is 0 Å². The van der Waals surface area contributed by atoms with Gasteiger partial charge in [-0.15, -0.1) is 0 Å². The second kappa shape index (κ2) is 8.15. The molecule has 0 saturated carbocycles. The number of phenolic OH excluding ortho intramolecular Hbond substituents is 1. The zero-order chi connectivity index (χ0) is 18.6. The van der Waals surface area contributed by atoms with Crippen molar-refractivity contribution in [1.82, 2.24) is 9.88 Å². The molecule has 4 rings (SSSR count). The maximum Gasteiger partial charge on any atom is 0.213 e. The number of ether oxygens (including phenoxy) is 1. The Hall–Kier alpha value is -2.30. The molecule has 1 aliphatic rings. The van der Waals surface area contributed by atoms with E-state index in [4.69, 9.17) is 16.3 Å². The number of aromatic nitrogens is 1. The highest BCUT2D eigenvalue weighted by molar-refractivity contribution is 6.30. The van der Waals surface area contributed by atoms with Crippen LogP contribution in [0.2, 0.25) is 5.02 Å². The van der Waals surface area contributed by atoms with Gasteiger partial charge < -0.3 is 9.84 Å². The summed E-state index contributed by atoms with van der Waals surface area (Å²) in [6, 6.07) is 15.4. The standard InChI is InChI=1S/C22H23ClN2O2/c23-19-8-6-18-15-25(12-10-17(18)14-19)11-1-2-13-27-21-9-7-16-4-3-5-20(26)22(16)24-21/h3-9,14,26H,1-2,10-13,15H2. The fourth-order valence-corrected chi connectivity index (χ4v) is 3.77. The van der Waals surface area contributed by atoms with Gasteiger partial charge in [0, 0.05) is 29.6 Å². The van der Waals surface area contributed by atoms with E-state index in [0.717, 1.165) is 49.3 Å². The Morgan fingerprint density at radius 1 is 1.07 bits per heavy atom. The molecule has 5 heteroatoms. The average Bonchev–Trinajstić information content (AvgIpc) is 2.68. The maximum atomic E-state index is 9.90. The molecule has 0 fully saturated rings. The Bertz CT molecular complexity index is 945. The van der Waals surface area contributed by atoms with Crippen molar-refractivity contribution < 1.29 is 9.84 Å². The van der Waals surface area contributed by atoms with Crippen LogP contribution in [0.15, 0.2) is 48.5 Å². The van der Waals surface area contributed by atoms with Gasteiger partial charge in [0.2, 0.25) is 5.88 Å². The first-order chi connectivity index (χ1) is 13.2. The first kappa shape index (κ1) is 18.1. The lowest BCUT2D eigenvalue weighted by Crippen LogP contribution is -2.31. The highest BCUT2D eigenvalue weighted by Crippen LogP contribution is 2.25. The van der Waals surface area contributed by atoms with Crippen molar-refractivity contribution in [2.75, 3.05) is 19.7 Å². The van der Waals surface area contributed by atoms with Gasteiger partial charge in [-0.3, -0.25) is 4.90 Å². The van der Waals surface area contributed by atoms with Crippen molar-refractivity contribution in [1.29, 1.82) is 0 Å². The van der Waals surface area contributed by atoms with Crippen molar-refractivity contribution in [2.24, 2.45) is 0 Å². The summed E-state index contributed by atoms with van der Waals surface area (Å²) in [5, 5.41) is 11.6. The molecule has 4 nitrogen and oxygen atoms in total. The fourth-order valence-electron chi connectivity index (χ4n) is 3.58. The number of fused-ring (bicyclic) bond motifs is 2. The highest BCUT2D eigenvalue weighted by Gasteiger charge is 2.15. The first-order valence-corrected chi connectivity index (χ1v) is 9.78. The second-order valence-corrected chi connectivity index (χ2v) is 7.43. The molecule has 2 heterocycles. The summed E-state index contributed by atoms with van der Waals surface area (Å²) in [5.74, 6) is 0.748. The Labute approximate surface area is 164 Å². The number of nitrogens with zero attached hydrogens (tertiary/aromatic N) is 2. The van der Waals surface area contributed by atoms with Crippen LogP contribution in [0.1, 0.15) is 24.0 Å². The van der Waals surface area contributed by atoms with Crippen LogP contribution in [0.25, 0.3) is 10.9 Å². The topological polar surface area (TPSA) is 45.6 Å². The lowest BCUT2D eigenvalue weighted by molar-refractivity contribution is 0.233. The normalized spacial score (nSPS) is 14.3. The molecule has 0 radical (unpaired) electrons. The average molecular weight is 383 g/mol. The van der Waals surface area contributed by atoms with Crippen LogP contribution < -0.4 is 4.74 Å². The first-order valence-electron chi connectivity index (χ1n) is 9.40. The number of pyridine rings is 1. The van der Waals surface area contributed by atoms with E-state index in [9.17, 15) is 5.11 Å². The number of unbranched alkanes of at least 4 members (excludes halogenated alkanes) is 1. The summed E-state index contributed by atoms with van der Waals surface area (Å²) in [6.07, 6.45) is 3.13. The summed E-state index contributed by atoms with van der Waals surface area (Å²) in [6.45, 7) is 3.78. The quantitative estimate of drug-likeness (QED) is 0.621. The van der Waals surface area contributed by atoms with E-state index in [1.165, 1.54) is 11.1 Å². The van der Waals surface area contributed by atoms with Gasteiger partial charge in [-0.1, -0.05) is 29.8 Å². The van der Waals surface area contributed by atoms with Crippen molar-refractivity contribution >= 4 is 22.5 Å². The van der Waals surface area contributed by atoms with E-state index in [-0.39, 0.29) is 5.75 Å². The second-order valence-electron chi connectivity index (χ2n) is 6.99. The number of aromatic hydroxyl groups is 1. The van der Waals surface area contributed by atoms with Crippen LogP contribution in [-0.2, 0) is 13.0 Å². The van der Waals surface area contributed by atoms with Gasteiger partial charge >= 0.3 is 0 Å². The Morgan fingerprint density at radius 2 is 2.00 bits per heavy atom. The molecular formula is C22H23ClN2O2. The van der Waals surface area contributed by atoms with Crippen molar-refractivity contribution in [3.05, 3.63) is 64.7 Å². The smallest absolute Gasteiger partial charge is 0.213 e. The predicted octanol–water partition coefficient (Wildman–Crippen LogP) is 4.81. The van der Waals surface area contributed by atoms with E-state index >= 15 is 0 Å². The zero-order valence-corrected chi connectivity index (χ0v) is 16.0. The molecule has 1 aromatic heterocycles. The SMILES string of the molecule is Oc1cccc2ccc(OCCCCN3CCc4cc(Cl)ccc4C3)nc12. The number of rotatable bonds is 6. The van der Waals surface area contributed by atoms with E-state index in [0.29, 0.717) is 18.0 Å². The fraction of sp³-hybridized carbons (Fsp3) is 0.318. The Morgan fingerprint density at radius 3 is 2.93 bits per heavy atom. The molecule has 140 valence electrons. The minimum atomic E-state index is 0.185. The van der Waals surface area contributed by atoms with Gasteiger partial charge in [-0.2, -0.15) is 0 Å². The predicted molar refractivity (Wildman–Crippen MR) is 109 cm³/mol. The minimum Gasteiger partial charge on any atom is -0.506 e. The van der Waals surface area contributed by atoms with Crippen molar-refractivity contribution in [3.8, 4) is 11.6 Å². The molecule has 0 unspecified atom stereocenters. The molecule has 0 atom stereocenters. The molecule has 0 bridgehead atoms. The molecule has 0 amide bonds. The van der Waals surface area contributed by atoms with Gasteiger partial charge in [-0.05, 0) is 61.2 Å². The van der Waals surface area contributed by atoms with Gasteiger partial charge in [0.1, 0.15) is 11.3 Å². The number of hydrogen-bond acceptors (Lipinski definition) is 4. The zero-order valence-electron chi connectivity index (χ0n) is 15.2. The third-order valence-electron chi connectivity index (χ3n) is 5.05. The molecule has 3 aromatic rings. The molecule has 0 spiro atoms. The molecule has 0 saturated heterocycles. The van der Waals surface area contributed by atoms with Gasteiger partial charge in [-0.25, -0.2) is 4.98 Å². The molecular weight excluding hydrogens is 360 g/mol. The van der Waals surface area contributed by atoms with Crippen LogP contribution in [0.5, 0.6) is 11.6 Å². The van der Waals surface area contributed by atoms with Gasteiger partial charge in [0.05, 0.1) is 6.61 Å². The van der Waals surface area contributed by atoms with Crippen LogP contribution in [0, 0.1) is 0 Å². The molecule has 1 aliphatic heterocycles. The molecule has 1 N–H and O–H groups in total. The van der Waals surface area contributed by atoms with Crippen LogP contribution in [-0.4, -0.2) is 34.7 Å². The highest BCUT2D eigenvalue weighted by atomic mass is 35.5. The molecule has 2 aromatic carbocycles. The lowest BCUT2D eigenvalue weighted by atomic mass is 10.00. The summed E-state index contributed by atoms with van der Waals surface area (Å²) in [7, 11) is 0. The number of para-hydroxylation sites is 1. The Balaban J connectivity index is 1.23. The van der Waals surface area contributed by atoms with Gasteiger partial charge in [0.25, 0.3) is 0 Å². The van der Waals surface area contributed by atoms with E-state index in [1.54, 1.807) is 6.07 Å². The number of phenols is 1. The maximum absolute atomic E-state index is 9.90. The third kappa shape index (κ3) is 4.34. The molecule has 0 aliphatic carbocycles. The monoisotopic (exact) mass is 382 g/mol. The Kier molecular flexibility index (Phi) is 5.46. The van der Waals surface area contributed by atoms with E-state index in [2.05, 4.69) is 22.0 Å². The van der Waals surface area contributed by atoms with Crippen LogP contribution in [0.4, 0.5) is 0 Å². The van der Waals surface area contributed by atoms with Crippen LogP contribution in [0.3, 0.4) is 0 Å². The summed E-state index contributed by atoms with van der Waals surface area (Å²) in [4.78, 5) is 6.89. The summed E-state index contributed by atoms with van der Waals surface area (Å²) in [5.41, 5.74) is 3.36. The summed E-state index contributed by atoms with van der Waals surface area (Å²) >= 11 is 6.08. The number of halogens is 1. The van der Waals surface area contributed by atoms with Crippen molar-refractivity contribution in [2.45, 2.75) is 25.8 Å². The minimum absolute atomic E-state index is 0.185. The lowest BCUT2D eigenvalue weighted by Gasteiger charge is -2.28. The van der Waals surface area contributed by atoms with Crippen LogP contribution >= 0.6 is 11.6 Å². The largest absolute Gasteiger partial charge is 0.506 e. The summed E-state index contributed by atoms with van der Waals surface area (Å²) < 4.78 is 5.77. The van der Waals surface area contributed by atoms with E-state index < -0.39 is 0 Å². The van der Waals surface area contributed by atoms with Crippen molar-refractivity contribution in [3.63, 3.8) is 0 Å². The number of benzene rings is 2. The number of hydrogen-bond donors (Lipinski definition) is 1. The third-order valence-corrected chi connectivity index (χ3v) is 5.29.